The molecule has 0 aliphatic heterocycles. The van der Waals surface area contributed by atoms with Gasteiger partial charge in [-0.05, 0) is 62.1 Å². The van der Waals surface area contributed by atoms with Crippen molar-refractivity contribution in [2.24, 2.45) is 11.3 Å². The molecule has 28 heavy (non-hydrogen) atoms. The number of nitrogens with zero attached hydrogens (tertiary/aromatic N) is 1. The summed E-state index contributed by atoms with van der Waals surface area (Å²) in [5.74, 6) is 7.22. The number of likely N-dealkylation sites (N-methyl/N-ethyl adjacent to an activating group) is 1. The summed E-state index contributed by atoms with van der Waals surface area (Å²) < 4.78 is 9.20. The normalized spacial score (nSPS) is 16.7. The second-order valence-electron chi connectivity index (χ2n) is 8.25. The molecule has 2 rings (SSSR count). The van der Waals surface area contributed by atoms with Crippen molar-refractivity contribution in [3.63, 3.8) is 0 Å². The topological polar surface area (TPSA) is 3.24 Å². The van der Waals surface area contributed by atoms with Crippen LogP contribution < -0.4 is 0 Å². The molecule has 1 nitrogen and oxygen atoms in total. The zero-order valence-electron chi connectivity index (χ0n) is 19.8. The molecule has 1 heteroatoms. The third-order valence-corrected chi connectivity index (χ3v) is 6.18. The summed E-state index contributed by atoms with van der Waals surface area (Å²) in [5, 5.41) is 2.36. The molecule has 0 radical (unpaired) electrons. The summed E-state index contributed by atoms with van der Waals surface area (Å²) >= 11 is 0. The van der Waals surface area contributed by atoms with Gasteiger partial charge in [0.1, 0.15) is 0 Å². The van der Waals surface area contributed by atoms with Gasteiger partial charge in [0.15, 0.2) is 0 Å². The number of fused-ring (bicyclic) bond motifs is 1. The molecule has 0 aromatic heterocycles. The van der Waals surface area contributed by atoms with Gasteiger partial charge in [-0.15, -0.1) is 0 Å². The van der Waals surface area contributed by atoms with Crippen LogP contribution in [0.3, 0.4) is 0 Å². The number of aryl methyl sites for hydroxylation is 1. The fourth-order valence-electron chi connectivity index (χ4n) is 3.46. The predicted octanol–water partition coefficient (Wildman–Crippen LogP) is 7.16. The minimum atomic E-state index is -0.810. The van der Waals surface area contributed by atoms with Crippen LogP contribution in [-0.2, 0) is 0 Å². The number of hydrogen-bond acceptors (Lipinski definition) is 1. The lowest BCUT2D eigenvalue weighted by Crippen LogP contribution is -2.27. The molecule has 150 valence electrons. The first-order chi connectivity index (χ1) is 13.7. The highest BCUT2D eigenvalue weighted by molar-refractivity contribution is 5.86. The van der Waals surface area contributed by atoms with Crippen LogP contribution in [0.25, 0.3) is 10.8 Å². The molecular weight excluding hydrogens is 338 g/mol. The Bertz CT molecular complexity index is 913. The van der Waals surface area contributed by atoms with Crippen LogP contribution in [0.1, 0.15) is 66.5 Å². The van der Waals surface area contributed by atoms with Gasteiger partial charge in [0.05, 0.1) is 1.37 Å². The third-order valence-electron chi connectivity index (χ3n) is 6.18. The minimum Gasteiger partial charge on any atom is -0.293 e. The van der Waals surface area contributed by atoms with Gasteiger partial charge in [-0.2, -0.15) is 0 Å². The standard InChI is InChI=1S/C27H37N/c1-8-27(7,21(3)4)18-11-10-12-19-28(9-2)23(6)25-15-13-14-24-17-16-22(5)20-26(24)25/h10,12-17,20-21,23H,8-9,19H2,1-7H3/b12-10+/i23D. The van der Waals surface area contributed by atoms with Crippen molar-refractivity contribution in [1.29, 1.82) is 0 Å². The van der Waals surface area contributed by atoms with Crippen LogP contribution in [-0.4, -0.2) is 18.0 Å². The number of benzene rings is 2. The van der Waals surface area contributed by atoms with Crippen LogP contribution >= 0.6 is 0 Å². The molecule has 0 heterocycles. The van der Waals surface area contributed by atoms with E-state index in [2.05, 4.69) is 101 Å². The van der Waals surface area contributed by atoms with Gasteiger partial charge < -0.3 is 0 Å². The minimum absolute atomic E-state index is 0.0551. The van der Waals surface area contributed by atoms with Crippen molar-refractivity contribution in [3.05, 3.63) is 59.7 Å². The van der Waals surface area contributed by atoms with Crippen molar-refractivity contribution in [2.75, 3.05) is 13.1 Å². The molecule has 2 atom stereocenters. The largest absolute Gasteiger partial charge is 0.293 e. The molecule has 0 aliphatic carbocycles. The maximum Gasteiger partial charge on any atom is 0.0516 e. The summed E-state index contributed by atoms with van der Waals surface area (Å²) in [6, 6.07) is 11.9. The van der Waals surface area contributed by atoms with Crippen LogP contribution in [0.2, 0.25) is 0 Å². The maximum absolute atomic E-state index is 9.20. The summed E-state index contributed by atoms with van der Waals surface area (Å²) in [5.41, 5.74) is 2.33. The van der Waals surface area contributed by atoms with Crippen LogP contribution in [0.15, 0.2) is 48.6 Å². The van der Waals surface area contributed by atoms with Gasteiger partial charge in [-0.25, -0.2) is 0 Å². The average molecular weight is 377 g/mol. The molecule has 0 bridgehead atoms. The highest BCUT2D eigenvalue weighted by Gasteiger charge is 2.23. The zero-order valence-corrected chi connectivity index (χ0v) is 18.8. The first-order valence-corrected chi connectivity index (χ1v) is 10.6. The van der Waals surface area contributed by atoms with Crippen LogP contribution in [0.4, 0.5) is 0 Å². The smallest absolute Gasteiger partial charge is 0.0516 e. The maximum atomic E-state index is 9.20. The number of rotatable bonds is 7. The monoisotopic (exact) mass is 376 g/mol. The van der Waals surface area contributed by atoms with E-state index in [0.717, 1.165) is 18.5 Å². The van der Waals surface area contributed by atoms with E-state index in [1.807, 2.05) is 13.0 Å². The molecule has 0 aliphatic rings. The van der Waals surface area contributed by atoms with E-state index in [1.165, 1.54) is 16.3 Å². The first kappa shape index (κ1) is 20.7. The van der Waals surface area contributed by atoms with E-state index in [1.54, 1.807) is 0 Å². The summed E-state index contributed by atoms with van der Waals surface area (Å²) in [6.45, 7) is 16.6. The second kappa shape index (κ2) is 9.94. The lowest BCUT2D eigenvalue weighted by Gasteiger charge is -2.28. The number of allylic oxidation sites excluding steroid dienone is 1. The van der Waals surface area contributed by atoms with Crippen molar-refractivity contribution < 1.29 is 1.37 Å². The molecular formula is C27H37N. The van der Waals surface area contributed by atoms with E-state index in [4.69, 9.17) is 0 Å². The Morgan fingerprint density at radius 3 is 2.57 bits per heavy atom. The lowest BCUT2D eigenvalue weighted by atomic mass is 9.77. The predicted molar refractivity (Wildman–Crippen MR) is 124 cm³/mol. The molecule has 0 saturated carbocycles. The van der Waals surface area contributed by atoms with Gasteiger partial charge >= 0.3 is 0 Å². The molecule has 2 aromatic carbocycles. The Morgan fingerprint density at radius 2 is 1.93 bits per heavy atom. The summed E-state index contributed by atoms with van der Waals surface area (Å²) in [4.78, 5) is 2.18. The quantitative estimate of drug-likeness (QED) is 0.463. The Hall–Kier alpha value is -2.04. The van der Waals surface area contributed by atoms with Gasteiger partial charge in [0.25, 0.3) is 0 Å². The zero-order chi connectivity index (χ0) is 21.7. The SMILES string of the molecule is [2H]C(C)(c1cccc2ccc(C)cc12)N(CC)C/C=C/C#CC(C)(CC)C(C)C. The molecule has 0 spiro atoms. The second-order valence-corrected chi connectivity index (χ2v) is 8.25. The molecule has 0 N–H and O–H groups in total. The van der Waals surface area contributed by atoms with E-state index in [-0.39, 0.29) is 5.41 Å². The highest BCUT2D eigenvalue weighted by Crippen LogP contribution is 2.30. The van der Waals surface area contributed by atoms with Crippen LogP contribution in [0.5, 0.6) is 0 Å². The molecule has 0 fully saturated rings. The van der Waals surface area contributed by atoms with Crippen molar-refractivity contribution in [2.45, 2.75) is 60.9 Å². The third kappa shape index (κ3) is 5.27. The Kier molecular flexibility index (Phi) is 7.35. The van der Waals surface area contributed by atoms with Gasteiger partial charge in [-0.1, -0.05) is 87.6 Å². The lowest BCUT2D eigenvalue weighted by molar-refractivity contribution is 0.248. The van der Waals surface area contributed by atoms with E-state index < -0.39 is 6.02 Å². The van der Waals surface area contributed by atoms with E-state index in [0.29, 0.717) is 12.5 Å². The highest BCUT2D eigenvalue weighted by atomic mass is 15.1. The molecule has 0 amide bonds. The van der Waals surface area contributed by atoms with Gasteiger partial charge in [0, 0.05) is 18.0 Å². The average Bonchev–Trinajstić information content (AvgIpc) is 2.69. The Balaban J connectivity index is 2.25. The molecule has 2 unspecified atom stereocenters. The molecule has 0 saturated heterocycles. The van der Waals surface area contributed by atoms with Gasteiger partial charge in [0.2, 0.25) is 0 Å². The fourth-order valence-corrected chi connectivity index (χ4v) is 3.46. The van der Waals surface area contributed by atoms with E-state index in [9.17, 15) is 1.37 Å². The molecule has 2 aromatic rings. The van der Waals surface area contributed by atoms with Gasteiger partial charge in [-0.3, -0.25) is 4.90 Å². The summed E-state index contributed by atoms with van der Waals surface area (Å²) in [6.07, 6.45) is 5.11. The summed E-state index contributed by atoms with van der Waals surface area (Å²) in [7, 11) is 0. The van der Waals surface area contributed by atoms with Crippen molar-refractivity contribution >= 4 is 10.8 Å². The fraction of sp³-hybridized carbons (Fsp3) is 0.481. The van der Waals surface area contributed by atoms with Crippen molar-refractivity contribution in [1.82, 2.24) is 4.90 Å². The Labute approximate surface area is 174 Å². The van der Waals surface area contributed by atoms with E-state index >= 15 is 0 Å². The number of hydrogen-bond donors (Lipinski definition) is 0. The first-order valence-electron chi connectivity index (χ1n) is 11.1. The van der Waals surface area contributed by atoms with Crippen LogP contribution in [0, 0.1) is 30.1 Å². The Morgan fingerprint density at radius 1 is 1.18 bits per heavy atom. The van der Waals surface area contributed by atoms with Crippen molar-refractivity contribution in [3.8, 4) is 11.8 Å².